The summed E-state index contributed by atoms with van der Waals surface area (Å²) in [7, 11) is 0. The van der Waals surface area contributed by atoms with Crippen molar-refractivity contribution in [1.82, 2.24) is 0 Å². The van der Waals surface area contributed by atoms with Gasteiger partial charge in [0.1, 0.15) is 77.0 Å². The monoisotopic (exact) mass is 778 g/mol. The Labute approximate surface area is 306 Å². The molecule has 2 aliphatic rings. The van der Waals surface area contributed by atoms with Crippen LogP contribution in [0.2, 0.25) is 0 Å². The van der Waals surface area contributed by atoms with E-state index in [1.54, 1.807) is 0 Å². The number of carbonyl (C=O) groups excluding carboxylic acids is 1. The van der Waals surface area contributed by atoms with E-state index in [1.165, 1.54) is 6.92 Å². The SMILES string of the molecule is CC1OC(c2c(O)c(O)cc(OC(=O)c3cc(O)c(O)c(O)c3)c2-c2oc3cc(O)cc(O)c3c(=O)c2OC2OC(CO)C(O)C(O)C2O)C(O)C(O)C1O. The first-order chi connectivity index (χ1) is 25.9. The van der Waals surface area contributed by atoms with Crippen LogP contribution in [-0.4, -0.2) is 139 Å². The highest BCUT2D eigenvalue weighted by atomic mass is 16.7. The maximum atomic E-state index is 14.3. The molecule has 0 bridgehead atoms. The molecule has 6 rings (SSSR count). The van der Waals surface area contributed by atoms with Crippen molar-refractivity contribution in [3.8, 4) is 63.1 Å². The molecule has 0 amide bonds. The second-order valence-corrected chi connectivity index (χ2v) is 12.8. The number of hydrogen-bond acceptors (Lipinski definition) is 21. The third-order valence-corrected chi connectivity index (χ3v) is 9.15. The van der Waals surface area contributed by atoms with Crippen molar-refractivity contribution in [3.05, 3.63) is 51.7 Å². The zero-order valence-corrected chi connectivity index (χ0v) is 28.0. The smallest absolute Gasteiger partial charge is 0.343 e. The Morgan fingerprint density at radius 2 is 1.35 bits per heavy atom. The van der Waals surface area contributed by atoms with Gasteiger partial charge in [-0.3, -0.25) is 4.79 Å². The molecule has 2 fully saturated rings. The molecule has 296 valence electrons. The second kappa shape index (κ2) is 14.6. The maximum absolute atomic E-state index is 14.3. The standard InChI is InChI=1S/C34H34O21/c1-8-21(41)26(46)28(48)30(51-8)20-19(16(6-14(40)23(20)43)53-33(50)9-2-12(38)22(42)13(39)3-9)31-32(25(45)18-11(37)4-10(36)5-15(18)52-31)55-34-29(49)27(47)24(44)17(7-35)54-34/h2-6,8,17,21,24,26-30,34-44,46-49H,7H2,1H3. The summed E-state index contributed by atoms with van der Waals surface area (Å²) in [5.74, 6) is -11.4. The van der Waals surface area contributed by atoms with Gasteiger partial charge in [-0.1, -0.05) is 0 Å². The van der Waals surface area contributed by atoms with Gasteiger partial charge in [0, 0.05) is 23.8 Å². The molecular weight excluding hydrogens is 744 g/mol. The van der Waals surface area contributed by atoms with Crippen LogP contribution in [-0.2, 0) is 9.47 Å². The predicted octanol–water partition coefficient (Wildman–Crippen LogP) is -1.66. The van der Waals surface area contributed by atoms with Gasteiger partial charge >= 0.3 is 5.97 Å². The number of phenols is 7. The lowest BCUT2D eigenvalue weighted by molar-refractivity contribution is -0.277. The summed E-state index contributed by atoms with van der Waals surface area (Å²) < 4.78 is 28.2. The molecule has 0 spiro atoms. The number of aliphatic hydroxyl groups is 7. The number of hydrogen-bond donors (Lipinski definition) is 14. The molecule has 2 aliphatic heterocycles. The number of aromatic hydroxyl groups is 7. The van der Waals surface area contributed by atoms with Crippen LogP contribution in [0.3, 0.4) is 0 Å². The van der Waals surface area contributed by atoms with E-state index in [9.17, 15) is 81.1 Å². The third-order valence-electron chi connectivity index (χ3n) is 9.15. The normalized spacial score (nSPS) is 28.2. The molecule has 0 aliphatic carbocycles. The molecule has 55 heavy (non-hydrogen) atoms. The predicted molar refractivity (Wildman–Crippen MR) is 177 cm³/mol. The average Bonchev–Trinajstić information content (AvgIpc) is 3.13. The van der Waals surface area contributed by atoms with Gasteiger partial charge < -0.3 is 94.9 Å². The lowest BCUT2D eigenvalue weighted by Gasteiger charge is -2.40. The highest BCUT2D eigenvalue weighted by molar-refractivity contribution is 5.95. The van der Waals surface area contributed by atoms with Gasteiger partial charge in [-0.2, -0.15) is 0 Å². The van der Waals surface area contributed by atoms with E-state index in [2.05, 4.69) is 0 Å². The second-order valence-electron chi connectivity index (χ2n) is 12.8. The minimum Gasteiger partial charge on any atom is -0.508 e. The van der Waals surface area contributed by atoms with Gasteiger partial charge in [0.2, 0.25) is 17.5 Å². The molecule has 1 aromatic heterocycles. The highest BCUT2D eigenvalue weighted by Crippen LogP contribution is 2.52. The Kier molecular flexibility index (Phi) is 10.3. The van der Waals surface area contributed by atoms with Crippen molar-refractivity contribution in [2.24, 2.45) is 0 Å². The van der Waals surface area contributed by atoms with E-state index < -0.39 is 164 Å². The number of esters is 1. The number of benzene rings is 3. The van der Waals surface area contributed by atoms with Crippen LogP contribution in [0.5, 0.6) is 51.7 Å². The topological polar surface area (TPSA) is 367 Å². The zero-order valence-electron chi connectivity index (χ0n) is 28.0. The Balaban J connectivity index is 1.68. The number of aliphatic hydroxyl groups excluding tert-OH is 7. The molecule has 14 N–H and O–H groups in total. The number of carbonyl (C=O) groups is 1. The summed E-state index contributed by atoms with van der Waals surface area (Å²) in [5, 5.41) is 146. The Bertz CT molecular complexity index is 2180. The van der Waals surface area contributed by atoms with E-state index in [-0.39, 0.29) is 0 Å². The zero-order chi connectivity index (χ0) is 40.4. The fourth-order valence-electron chi connectivity index (χ4n) is 6.24. The molecule has 0 saturated carbocycles. The van der Waals surface area contributed by atoms with Gasteiger partial charge in [0.25, 0.3) is 0 Å². The number of fused-ring (bicyclic) bond motifs is 1. The van der Waals surface area contributed by atoms with Crippen molar-refractivity contribution in [3.63, 3.8) is 0 Å². The Hall–Kier alpha value is -5.62. The highest BCUT2D eigenvalue weighted by Gasteiger charge is 2.48. The van der Waals surface area contributed by atoms with Crippen molar-refractivity contribution in [1.29, 1.82) is 0 Å². The molecule has 0 radical (unpaired) electrons. The molecule has 3 heterocycles. The van der Waals surface area contributed by atoms with Crippen LogP contribution in [0.1, 0.15) is 28.9 Å². The van der Waals surface area contributed by atoms with E-state index in [0.29, 0.717) is 18.2 Å². The third kappa shape index (κ3) is 6.73. The van der Waals surface area contributed by atoms with Gasteiger partial charge in [0.15, 0.2) is 34.5 Å². The lowest BCUT2D eigenvalue weighted by atomic mass is 9.87. The molecule has 21 heteroatoms. The van der Waals surface area contributed by atoms with E-state index >= 15 is 0 Å². The molecule has 10 atom stereocenters. The molecule has 10 unspecified atom stereocenters. The van der Waals surface area contributed by atoms with Gasteiger partial charge in [-0.05, 0) is 19.1 Å². The van der Waals surface area contributed by atoms with E-state index in [0.717, 1.165) is 12.1 Å². The number of phenolic OH excluding ortho intramolecular Hbond substituents is 7. The first-order valence-corrected chi connectivity index (χ1v) is 16.1. The Morgan fingerprint density at radius 3 is 1.98 bits per heavy atom. The summed E-state index contributed by atoms with van der Waals surface area (Å²) in [4.78, 5) is 27.8. The summed E-state index contributed by atoms with van der Waals surface area (Å²) in [6.45, 7) is 0.290. The lowest BCUT2D eigenvalue weighted by Crippen LogP contribution is -2.60. The fourth-order valence-corrected chi connectivity index (χ4v) is 6.24. The largest absolute Gasteiger partial charge is 0.508 e. The maximum Gasteiger partial charge on any atom is 0.343 e. The molecule has 2 saturated heterocycles. The van der Waals surface area contributed by atoms with Crippen molar-refractivity contribution < 1.29 is 99.7 Å². The summed E-state index contributed by atoms with van der Waals surface area (Å²) >= 11 is 0. The fraction of sp³-hybridized carbons (Fsp3) is 0.353. The molecule has 21 nitrogen and oxygen atoms in total. The summed E-state index contributed by atoms with van der Waals surface area (Å²) in [6.07, 6.45) is -19.2. The van der Waals surface area contributed by atoms with Gasteiger partial charge in [-0.15, -0.1) is 0 Å². The molecular formula is C34H34O21. The van der Waals surface area contributed by atoms with Crippen LogP contribution in [0, 0.1) is 0 Å². The van der Waals surface area contributed by atoms with Crippen LogP contribution < -0.4 is 14.9 Å². The molecule has 4 aromatic rings. The number of ether oxygens (including phenoxy) is 4. The Morgan fingerprint density at radius 1 is 0.727 bits per heavy atom. The number of rotatable bonds is 7. The molecule has 3 aromatic carbocycles. The van der Waals surface area contributed by atoms with Crippen molar-refractivity contribution in [2.45, 2.75) is 68.1 Å². The minimum atomic E-state index is -2.19. The summed E-state index contributed by atoms with van der Waals surface area (Å²) in [6, 6.07) is 3.42. The van der Waals surface area contributed by atoms with Gasteiger partial charge in [0.05, 0.1) is 23.8 Å². The van der Waals surface area contributed by atoms with Crippen LogP contribution in [0.15, 0.2) is 39.5 Å². The van der Waals surface area contributed by atoms with Gasteiger partial charge in [-0.25, -0.2) is 4.79 Å². The van der Waals surface area contributed by atoms with E-state index in [1.807, 2.05) is 0 Å². The first kappa shape index (κ1) is 39.1. The van der Waals surface area contributed by atoms with Crippen LogP contribution in [0.4, 0.5) is 0 Å². The van der Waals surface area contributed by atoms with Crippen molar-refractivity contribution >= 4 is 16.9 Å². The van der Waals surface area contributed by atoms with Crippen LogP contribution in [0.25, 0.3) is 22.3 Å². The first-order valence-electron chi connectivity index (χ1n) is 16.1. The van der Waals surface area contributed by atoms with E-state index in [4.69, 9.17) is 23.4 Å². The van der Waals surface area contributed by atoms with Crippen LogP contribution >= 0.6 is 0 Å². The minimum absolute atomic E-state index is 0.567. The average molecular weight is 779 g/mol. The summed E-state index contributed by atoms with van der Waals surface area (Å²) in [5.41, 5.74) is -4.34. The van der Waals surface area contributed by atoms with Crippen molar-refractivity contribution in [2.75, 3.05) is 6.61 Å². The quantitative estimate of drug-likeness (QED) is 0.0567.